The summed E-state index contributed by atoms with van der Waals surface area (Å²) in [5.41, 5.74) is -2.36. The minimum absolute atomic E-state index is 0.0640. The molecule has 170 valence electrons. The Morgan fingerprint density at radius 2 is 1.74 bits per heavy atom. The van der Waals surface area contributed by atoms with Crippen molar-refractivity contribution in [2.45, 2.75) is 108 Å². The number of nitrogens with one attached hydrogen (secondary N) is 2. The van der Waals surface area contributed by atoms with E-state index in [9.17, 15) is 14.4 Å². The fourth-order valence-electron chi connectivity index (χ4n) is 6.29. The molecule has 2 saturated heterocycles. The summed E-state index contributed by atoms with van der Waals surface area (Å²) in [6.07, 6.45) is 11.0. The maximum absolute atomic E-state index is 13.7. The van der Waals surface area contributed by atoms with Gasteiger partial charge in [0.25, 0.3) is 0 Å². The molecular formula is C24H35N3O4. The van der Waals surface area contributed by atoms with E-state index < -0.39 is 34.6 Å². The van der Waals surface area contributed by atoms with Crippen molar-refractivity contribution in [3.05, 3.63) is 12.2 Å². The predicted molar refractivity (Wildman–Crippen MR) is 115 cm³/mol. The third-order valence-corrected chi connectivity index (χ3v) is 7.66. The lowest BCUT2D eigenvalue weighted by molar-refractivity contribution is -0.146. The molecule has 5 atom stereocenters. The number of carbonyl (C=O) groups is 3. The van der Waals surface area contributed by atoms with E-state index in [1.807, 2.05) is 39.8 Å². The van der Waals surface area contributed by atoms with E-state index in [1.54, 1.807) is 4.90 Å². The number of nitrogens with zero attached hydrogens (tertiary/aromatic N) is 1. The Labute approximate surface area is 184 Å². The van der Waals surface area contributed by atoms with E-state index in [-0.39, 0.29) is 29.8 Å². The molecule has 7 nitrogen and oxygen atoms in total. The number of rotatable bonds is 4. The topological polar surface area (TPSA) is 87.7 Å². The Morgan fingerprint density at radius 1 is 1.06 bits per heavy atom. The summed E-state index contributed by atoms with van der Waals surface area (Å²) < 4.78 is 6.53. The number of hydrogen-bond donors (Lipinski definition) is 2. The molecule has 3 amide bonds. The molecule has 1 spiro atoms. The van der Waals surface area contributed by atoms with Gasteiger partial charge in [0.1, 0.15) is 11.6 Å². The smallest absolute Gasteiger partial charge is 0.246 e. The Balaban J connectivity index is 1.48. The highest BCUT2D eigenvalue weighted by atomic mass is 16.5. The lowest BCUT2D eigenvalue weighted by atomic mass is 9.70. The van der Waals surface area contributed by atoms with Gasteiger partial charge in [-0.15, -0.1) is 0 Å². The van der Waals surface area contributed by atoms with Crippen molar-refractivity contribution in [2.24, 2.45) is 11.8 Å². The third kappa shape index (κ3) is 3.22. The normalized spacial score (nSPS) is 39.7. The van der Waals surface area contributed by atoms with Crippen LogP contribution >= 0.6 is 0 Å². The lowest BCUT2D eigenvalue weighted by Crippen LogP contribution is -2.58. The van der Waals surface area contributed by atoms with Gasteiger partial charge >= 0.3 is 0 Å². The zero-order valence-electron chi connectivity index (χ0n) is 19.1. The molecule has 0 aromatic carbocycles. The van der Waals surface area contributed by atoms with Crippen molar-refractivity contribution in [2.75, 3.05) is 0 Å². The van der Waals surface area contributed by atoms with Crippen LogP contribution in [0.5, 0.6) is 0 Å². The van der Waals surface area contributed by atoms with Crippen molar-refractivity contribution in [3.8, 4) is 0 Å². The van der Waals surface area contributed by atoms with E-state index in [0.29, 0.717) is 0 Å². The molecule has 0 aromatic heterocycles. The van der Waals surface area contributed by atoms with Gasteiger partial charge in [-0.3, -0.25) is 14.4 Å². The third-order valence-electron chi connectivity index (χ3n) is 7.66. The average molecular weight is 430 g/mol. The first-order valence-electron chi connectivity index (χ1n) is 11.9. The Bertz CT molecular complexity index is 838. The van der Waals surface area contributed by atoms with Crippen LogP contribution in [-0.4, -0.2) is 57.5 Å². The molecule has 4 fully saturated rings. The van der Waals surface area contributed by atoms with Gasteiger partial charge in [-0.25, -0.2) is 0 Å². The fraction of sp³-hybridized carbons (Fsp3) is 0.792. The largest absolute Gasteiger partial charge is 0.356 e. The maximum atomic E-state index is 13.7. The molecule has 0 aromatic rings. The summed E-state index contributed by atoms with van der Waals surface area (Å²) in [4.78, 5) is 42.4. The first-order valence-corrected chi connectivity index (χ1v) is 11.9. The highest BCUT2D eigenvalue weighted by Gasteiger charge is 2.77. The number of likely N-dealkylation sites (tertiary alicyclic amines) is 1. The zero-order valence-corrected chi connectivity index (χ0v) is 19.1. The van der Waals surface area contributed by atoms with Crippen LogP contribution < -0.4 is 10.6 Å². The summed E-state index contributed by atoms with van der Waals surface area (Å²) in [5, 5.41) is 6.28. The Kier molecular flexibility index (Phi) is 4.60. The molecule has 7 heteroatoms. The quantitative estimate of drug-likeness (QED) is 0.670. The average Bonchev–Trinajstić information content (AvgIpc) is 3.34. The minimum Gasteiger partial charge on any atom is -0.356 e. The first kappa shape index (κ1) is 21.0. The highest BCUT2D eigenvalue weighted by molar-refractivity contribution is 6.00. The Morgan fingerprint density at radius 3 is 2.35 bits per heavy atom. The monoisotopic (exact) mass is 429 g/mol. The molecule has 5 rings (SSSR count). The second-order valence-corrected chi connectivity index (χ2v) is 11.4. The van der Waals surface area contributed by atoms with Crippen LogP contribution in [0.25, 0.3) is 0 Å². The van der Waals surface area contributed by atoms with Gasteiger partial charge in [0, 0.05) is 17.6 Å². The molecule has 3 aliphatic heterocycles. The summed E-state index contributed by atoms with van der Waals surface area (Å²) in [6, 6.07) is -0.503. The van der Waals surface area contributed by atoms with Crippen LogP contribution in [0, 0.1) is 11.8 Å². The number of ether oxygens (including phenoxy) is 1. The molecule has 3 heterocycles. The van der Waals surface area contributed by atoms with E-state index in [2.05, 4.69) is 10.6 Å². The SMILES string of the molecule is CC(C)(C)NC(=O)[C@H]1N(C2CC2)C(=O)[C@@H]2[C@H](C(=O)NC3CCCCC3)[C@]3(C)C=C[C@]21O3. The molecule has 0 radical (unpaired) electrons. The van der Waals surface area contributed by atoms with E-state index in [1.165, 1.54) is 6.42 Å². The zero-order chi connectivity index (χ0) is 22.2. The van der Waals surface area contributed by atoms with Crippen molar-refractivity contribution < 1.29 is 19.1 Å². The summed E-state index contributed by atoms with van der Waals surface area (Å²) in [5.74, 6) is -1.67. The molecule has 2 aliphatic carbocycles. The van der Waals surface area contributed by atoms with Crippen molar-refractivity contribution >= 4 is 17.7 Å². The number of fused-ring (bicyclic) bond motifs is 1. The van der Waals surface area contributed by atoms with Gasteiger partial charge in [0.2, 0.25) is 17.7 Å². The van der Waals surface area contributed by atoms with Crippen LogP contribution in [0.4, 0.5) is 0 Å². The van der Waals surface area contributed by atoms with Crippen molar-refractivity contribution in [1.29, 1.82) is 0 Å². The van der Waals surface area contributed by atoms with Gasteiger partial charge in [-0.2, -0.15) is 0 Å². The van der Waals surface area contributed by atoms with E-state index in [0.717, 1.165) is 38.5 Å². The summed E-state index contributed by atoms with van der Waals surface area (Å²) in [6.45, 7) is 7.68. The molecule has 2 bridgehead atoms. The molecule has 31 heavy (non-hydrogen) atoms. The predicted octanol–water partition coefficient (Wildman–Crippen LogP) is 2.05. The maximum Gasteiger partial charge on any atom is 0.246 e. The molecule has 2 saturated carbocycles. The second kappa shape index (κ2) is 6.80. The Hall–Kier alpha value is -1.89. The molecule has 2 N–H and O–H groups in total. The number of hydrogen-bond acceptors (Lipinski definition) is 4. The van der Waals surface area contributed by atoms with Crippen LogP contribution in [0.1, 0.15) is 72.6 Å². The summed E-state index contributed by atoms with van der Waals surface area (Å²) >= 11 is 0. The lowest BCUT2D eigenvalue weighted by Gasteiger charge is -2.35. The molecule has 0 unspecified atom stereocenters. The standard InChI is InChI=1S/C24H35N3O4/c1-22(2,3)26-20(29)18-24-13-12-23(4,31-24)16(17(24)21(30)27(18)15-10-11-15)19(28)25-14-8-6-5-7-9-14/h12-18H,5-11H2,1-4H3,(H,25,28)(H,26,29)/t16-,17+,18-,23+,24+/m1/s1. The van der Waals surface area contributed by atoms with Gasteiger partial charge in [0.05, 0.1) is 17.4 Å². The highest BCUT2D eigenvalue weighted by Crippen LogP contribution is 2.61. The van der Waals surface area contributed by atoms with Gasteiger partial charge < -0.3 is 20.3 Å². The van der Waals surface area contributed by atoms with Crippen LogP contribution in [0.15, 0.2) is 12.2 Å². The second-order valence-electron chi connectivity index (χ2n) is 11.4. The van der Waals surface area contributed by atoms with Crippen LogP contribution in [0.2, 0.25) is 0 Å². The van der Waals surface area contributed by atoms with E-state index >= 15 is 0 Å². The summed E-state index contributed by atoms with van der Waals surface area (Å²) in [7, 11) is 0. The fourth-order valence-corrected chi connectivity index (χ4v) is 6.29. The van der Waals surface area contributed by atoms with Crippen molar-refractivity contribution in [3.63, 3.8) is 0 Å². The van der Waals surface area contributed by atoms with Gasteiger partial charge in [-0.1, -0.05) is 31.4 Å². The van der Waals surface area contributed by atoms with E-state index in [4.69, 9.17) is 4.74 Å². The first-order chi connectivity index (χ1) is 14.6. The van der Waals surface area contributed by atoms with Gasteiger partial charge in [-0.05, 0) is 53.4 Å². The molecule has 5 aliphatic rings. The van der Waals surface area contributed by atoms with Crippen LogP contribution in [0.3, 0.4) is 0 Å². The minimum atomic E-state index is -1.07. The molecular weight excluding hydrogens is 394 g/mol. The van der Waals surface area contributed by atoms with Crippen molar-refractivity contribution in [1.82, 2.24) is 15.5 Å². The number of amides is 3. The van der Waals surface area contributed by atoms with Crippen LogP contribution in [-0.2, 0) is 19.1 Å². The van der Waals surface area contributed by atoms with Gasteiger partial charge in [0.15, 0.2) is 0 Å². The number of carbonyl (C=O) groups excluding carboxylic acids is 3.